The van der Waals surface area contributed by atoms with Crippen LogP contribution in [0.2, 0.25) is 0 Å². The highest BCUT2D eigenvalue weighted by Gasteiger charge is 2.13. The van der Waals surface area contributed by atoms with E-state index in [0.29, 0.717) is 5.69 Å². The van der Waals surface area contributed by atoms with Crippen LogP contribution in [0.25, 0.3) is 0 Å². The first-order chi connectivity index (χ1) is 7.63. The molecular formula is C10H14N2O4. The molecule has 0 saturated heterocycles. The van der Waals surface area contributed by atoms with E-state index in [1.165, 1.54) is 7.11 Å². The van der Waals surface area contributed by atoms with Gasteiger partial charge in [-0.3, -0.25) is 9.59 Å². The fourth-order valence-electron chi connectivity index (χ4n) is 1.13. The molecule has 16 heavy (non-hydrogen) atoms. The van der Waals surface area contributed by atoms with E-state index in [1.807, 2.05) is 0 Å². The van der Waals surface area contributed by atoms with Gasteiger partial charge < -0.3 is 20.1 Å². The minimum Gasteiger partial charge on any atom is -0.469 e. The second-order valence-corrected chi connectivity index (χ2v) is 3.23. The maximum atomic E-state index is 11.4. The molecule has 0 fully saturated rings. The molecule has 0 aliphatic rings. The average molecular weight is 226 g/mol. The molecule has 88 valence electrons. The van der Waals surface area contributed by atoms with E-state index in [4.69, 9.17) is 0 Å². The Hall–Kier alpha value is -1.82. The number of amides is 1. The molecule has 1 atom stereocenters. The number of carbonyl (C=O) groups is 2. The molecule has 0 aliphatic carbocycles. The van der Waals surface area contributed by atoms with Crippen molar-refractivity contribution < 1.29 is 19.4 Å². The zero-order valence-corrected chi connectivity index (χ0v) is 8.90. The lowest BCUT2D eigenvalue weighted by atomic mass is 10.2. The van der Waals surface area contributed by atoms with Gasteiger partial charge >= 0.3 is 5.97 Å². The highest BCUT2D eigenvalue weighted by molar-refractivity contribution is 5.92. The monoisotopic (exact) mass is 226 g/mol. The van der Waals surface area contributed by atoms with Gasteiger partial charge in [-0.15, -0.1) is 0 Å². The number of H-pyrrole nitrogens is 1. The average Bonchev–Trinajstić information content (AvgIpc) is 2.79. The Morgan fingerprint density at radius 3 is 2.94 bits per heavy atom. The molecule has 0 radical (unpaired) electrons. The first kappa shape index (κ1) is 12.3. The summed E-state index contributed by atoms with van der Waals surface area (Å²) in [4.78, 5) is 24.9. The van der Waals surface area contributed by atoms with Gasteiger partial charge in [0.25, 0.3) is 5.91 Å². The van der Waals surface area contributed by atoms with Crippen molar-refractivity contribution in [1.29, 1.82) is 0 Å². The Labute approximate surface area is 92.6 Å². The van der Waals surface area contributed by atoms with Gasteiger partial charge in [-0.1, -0.05) is 0 Å². The third kappa shape index (κ3) is 3.74. The summed E-state index contributed by atoms with van der Waals surface area (Å²) in [7, 11) is 1.24. The van der Waals surface area contributed by atoms with Gasteiger partial charge in [-0.25, -0.2) is 0 Å². The molecule has 0 unspecified atom stereocenters. The fraction of sp³-hybridized carbons (Fsp3) is 0.400. The van der Waals surface area contributed by atoms with Crippen molar-refractivity contribution in [1.82, 2.24) is 10.3 Å². The van der Waals surface area contributed by atoms with Crippen LogP contribution in [0.15, 0.2) is 18.3 Å². The van der Waals surface area contributed by atoms with Crippen molar-refractivity contribution in [3.63, 3.8) is 0 Å². The Morgan fingerprint density at radius 2 is 2.38 bits per heavy atom. The first-order valence-electron chi connectivity index (χ1n) is 4.80. The van der Waals surface area contributed by atoms with Crippen molar-refractivity contribution in [2.45, 2.75) is 12.5 Å². The molecule has 1 aromatic heterocycles. The summed E-state index contributed by atoms with van der Waals surface area (Å²) in [5, 5.41) is 11.9. The number of aromatic amines is 1. The van der Waals surface area contributed by atoms with Gasteiger partial charge in [0.1, 0.15) is 5.69 Å². The van der Waals surface area contributed by atoms with Gasteiger partial charge in [0, 0.05) is 12.7 Å². The van der Waals surface area contributed by atoms with Gasteiger partial charge in [0.05, 0.1) is 19.6 Å². The van der Waals surface area contributed by atoms with Gasteiger partial charge in [-0.05, 0) is 12.1 Å². The Balaban J connectivity index is 2.29. The molecule has 0 aliphatic heterocycles. The molecule has 0 saturated carbocycles. The summed E-state index contributed by atoms with van der Waals surface area (Å²) in [6.07, 6.45) is 0.549. The van der Waals surface area contributed by atoms with Crippen LogP contribution in [0.4, 0.5) is 0 Å². The van der Waals surface area contributed by atoms with Crippen molar-refractivity contribution in [3.8, 4) is 0 Å². The second-order valence-electron chi connectivity index (χ2n) is 3.23. The summed E-state index contributed by atoms with van der Waals surface area (Å²) < 4.78 is 4.38. The number of methoxy groups -OCH3 is 1. The normalized spacial score (nSPS) is 11.9. The maximum absolute atomic E-state index is 11.4. The number of ether oxygens (including phenoxy) is 1. The summed E-state index contributed by atoms with van der Waals surface area (Å²) in [5.74, 6) is -0.837. The summed E-state index contributed by atoms with van der Waals surface area (Å²) in [6, 6.07) is 3.31. The fourth-order valence-corrected chi connectivity index (χ4v) is 1.13. The minimum atomic E-state index is -0.939. The van der Waals surface area contributed by atoms with Crippen molar-refractivity contribution in [2.24, 2.45) is 0 Å². The largest absolute Gasteiger partial charge is 0.469 e. The van der Waals surface area contributed by atoms with Crippen LogP contribution in [-0.2, 0) is 9.53 Å². The van der Waals surface area contributed by atoms with Crippen LogP contribution < -0.4 is 5.32 Å². The molecular weight excluding hydrogens is 212 g/mol. The Morgan fingerprint density at radius 1 is 1.62 bits per heavy atom. The quantitative estimate of drug-likeness (QED) is 0.599. The van der Waals surface area contributed by atoms with E-state index in [9.17, 15) is 14.7 Å². The number of aliphatic hydroxyl groups excluding tert-OH is 1. The summed E-state index contributed by atoms with van der Waals surface area (Å²) in [6.45, 7) is 0.00690. The molecule has 1 amide bonds. The molecule has 6 nitrogen and oxygen atoms in total. The topological polar surface area (TPSA) is 91.4 Å². The molecule has 0 aromatic carbocycles. The zero-order chi connectivity index (χ0) is 12.0. The highest BCUT2D eigenvalue weighted by Crippen LogP contribution is 1.96. The van der Waals surface area contributed by atoms with Crippen LogP contribution in [0.5, 0.6) is 0 Å². The van der Waals surface area contributed by atoms with E-state index in [0.717, 1.165) is 0 Å². The van der Waals surface area contributed by atoms with E-state index < -0.39 is 12.1 Å². The summed E-state index contributed by atoms with van der Waals surface area (Å²) in [5.41, 5.74) is 0.408. The Kier molecular flexibility index (Phi) is 4.53. The van der Waals surface area contributed by atoms with Crippen LogP contribution in [-0.4, -0.2) is 41.7 Å². The molecule has 0 bridgehead atoms. The van der Waals surface area contributed by atoms with E-state index in [1.54, 1.807) is 18.3 Å². The smallest absolute Gasteiger partial charge is 0.308 e. The number of aromatic nitrogens is 1. The molecule has 1 aromatic rings. The van der Waals surface area contributed by atoms with Crippen LogP contribution in [0, 0.1) is 0 Å². The first-order valence-corrected chi connectivity index (χ1v) is 4.80. The van der Waals surface area contributed by atoms with Gasteiger partial charge in [-0.2, -0.15) is 0 Å². The second kappa shape index (κ2) is 5.92. The third-order valence-corrected chi connectivity index (χ3v) is 1.97. The summed E-state index contributed by atoms with van der Waals surface area (Å²) >= 11 is 0. The van der Waals surface area contributed by atoms with Crippen molar-refractivity contribution in [2.75, 3.05) is 13.7 Å². The molecule has 1 rings (SSSR count). The zero-order valence-electron chi connectivity index (χ0n) is 8.90. The number of hydrogen-bond donors (Lipinski definition) is 3. The van der Waals surface area contributed by atoms with Crippen LogP contribution in [0.1, 0.15) is 16.9 Å². The van der Waals surface area contributed by atoms with Crippen molar-refractivity contribution in [3.05, 3.63) is 24.0 Å². The number of hydrogen-bond acceptors (Lipinski definition) is 4. The number of aliphatic hydroxyl groups is 1. The number of rotatable bonds is 5. The van der Waals surface area contributed by atoms with Gasteiger partial charge in [0.15, 0.2) is 0 Å². The van der Waals surface area contributed by atoms with E-state index >= 15 is 0 Å². The SMILES string of the molecule is COC(=O)C[C@H](O)CNC(=O)c1ccc[nH]1. The van der Waals surface area contributed by atoms with Gasteiger partial charge in [0.2, 0.25) is 0 Å². The molecule has 0 spiro atoms. The van der Waals surface area contributed by atoms with Crippen molar-refractivity contribution >= 4 is 11.9 Å². The third-order valence-electron chi connectivity index (χ3n) is 1.97. The lowest BCUT2D eigenvalue weighted by Gasteiger charge is -2.09. The van der Waals surface area contributed by atoms with Crippen LogP contribution >= 0.6 is 0 Å². The lowest BCUT2D eigenvalue weighted by molar-refractivity contribution is -0.142. The highest BCUT2D eigenvalue weighted by atomic mass is 16.5. The Bertz CT molecular complexity index is 348. The van der Waals surface area contributed by atoms with Crippen LogP contribution in [0.3, 0.4) is 0 Å². The predicted molar refractivity (Wildman–Crippen MR) is 55.8 cm³/mol. The maximum Gasteiger partial charge on any atom is 0.308 e. The number of carbonyl (C=O) groups excluding carboxylic acids is 2. The minimum absolute atomic E-state index is 0.00690. The lowest BCUT2D eigenvalue weighted by Crippen LogP contribution is -2.33. The van der Waals surface area contributed by atoms with E-state index in [-0.39, 0.29) is 18.9 Å². The van der Waals surface area contributed by atoms with E-state index in [2.05, 4.69) is 15.0 Å². The predicted octanol–water partition coefficient (Wildman–Crippen LogP) is -0.332. The molecule has 6 heteroatoms. The number of nitrogens with one attached hydrogen (secondary N) is 2. The standard InChI is InChI=1S/C10H14N2O4/c1-16-9(14)5-7(13)6-12-10(15)8-3-2-4-11-8/h2-4,7,11,13H,5-6H2,1H3,(H,12,15)/t7-/m0/s1. The molecule has 3 N–H and O–H groups in total. The number of esters is 1. The molecule has 1 heterocycles.